The van der Waals surface area contributed by atoms with Crippen LogP contribution in [0, 0.1) is 5.92 Å². The molecule has 3 heteroatoms. The van der Waals surface area contributed by atoms with Crippen molar-refractivity contribution in [2.45, 2.75) is 32.8 Å². The van der Waals surface area contributed by atoms with E-state index in [0.29, 0.717) is 6.42 Å². The number of hydrogen-bond donors (Lipinski definition) is 1. The average molecular weight is 160 g/mol. The number of rotatable bonds is 5. The molecule has 0 aromatic rings. The summed E-state index contributed by atoms with van der Waals surface area (Å²) >= 11 is 0. The molecule has 0 aromatic heterocycles. The molecule has 0 radical (unpaired) electrons. The second kappa shape index (κ2) is 5.13. The van der Waals surface area contributed by atoms with Crippen LogP contribution >= 0.6 is 0 Å². The Morgan fingerprint density at radius 2 is 2.00 bits per heavy atom. The van der Waals surface area contributed by atoms with Gasteiger partial charge in [0.05, 0.1) is 12.0 Å². The van der Waals surface area contributed by atoms with Crippen molar-refractivity contribution in [3.8, 4) is 0 Å². The highest BCUT2D eigenvalue weighted by atomic mass is 16.5. The van der Waals surface area contributed by atoms with Crippen molar-refractivity contribution in [3.63, 3.8) is 0 Å². The van der Waals surface area contributed by atoms with Crippen LogP contribution < -0.4 is 0 Å². The fraction of sp³-hybridized carbons (Fsp3) is 0.875. The maximum Gasteiger partial charge on any atom is 0.306 e. The Kier molecular flexibility index (Phi) is 4.86. The number of hydrogen-bond acceptors (Lipinski definition) is 2. The number of carboxylic acid groups (broad SMARTS) is 1. The molecule has 3 nitrogen and oxygen atoms in total. The Morgan fingerprint density at radius 1 is 1.45 bits per heavy atom. The highest BCUT2D eigenvalue weighted by Gasteiger charge is 2.11. The first kappa shape index (κ1) is 10.4. The van der Waals surface area contributed by atoms with E-state index in [1.54, 1.807) is 14.0 Å². The summed E-state index contributed by atoms with van der Waals surface area (Å²) in [5.41, 5.74) is 0. The van der Waals surface area contributed by atoms with Gasteiger partial charge in [0.15, 0.2) is 0 Å². The number of methoxy groups -OCH3 is 1. The predicted molar refractivity (Wildman–Crippen MR) is 42.5 cm³/mol. The van der Waals surface area contributed by atoms with Crippen molar-refractivity contribution in [1.82, 2.24) is 0 Å². The molecule has 0 saturated carbocycles. The third kappa shape index (κ3) is 4.79. The van der Waals surface area contributed by atoms with Gasteiger partial charge < -0.3 is 9.84 Å². The first-order chi connectivity index (χ1) is 5.07. The molecule has 0 amide bonds. The smallest absolute Gasteiger partial charge is 0.306 e. The predicted octanol–water partition coefficient (Wildman–Crippen LogP) is 1.52. The molecule has 0 fully saturated rings. The van der Waals surface area contributed by atoms with Gasteiger partial charge in [-0.2, -0.15) is 0 Å². The van der Waals surface area contributed by atoms with Gasteiger partial charge in [0.25, 0.3) is 0 Å². The van der Waals surface area contributed by atoms with Crippen LogP contribution in [0.5, 0.6) is 0 Å². The molecule has 0 bridgehead atoms. The van der Waals surface area contributed by atoms with Crippen LogP contribution in [-0.2, 0) is 9.53 Å². The maximum atomic E-state index is 10.4. The minimum atomic E-state index is -0.728. The molecule has 2 unspecified atom stereocenters. The lowest BCUT2D eigenvalue weighted by atomic mass is 10.0. The molecule has 0 aromatic carbocycles. The number of carboxylic acids is 1. The minimum absolute atomic E-state index is 0.164. The monoisotopic (exact) mass is 160 g/mol. The van der Waals surface area contributed by atoms with Crippen LogP contribution in [-0.4, -0.2) is 24.3 Å². The maximum absolute atomic E-state index is 10.4. The van der Waals surface area contributed by atoms with Crippen molar-refractivity contribution < 1.29 is 14.6 Å². The lowest BCUT2D eigenvalue weighted by Gasteiger charge is -2.10. The lowest BCUT2D eigenvalue weighted by Crippen LogP contribution is -2.13. The normalized spacial score (nSPS) is 15.9. The van der Waals surface area contributed by atoms with E-state index >= 15 is 0 Å². The van der Waals surface area contributed by atoms with Gasteiger partial charge in [0.2, 0.25) is 0 Å². The van der Waals surface area contributed by atoms with Crippen molar-refractivity contribution in [3.05, 3.63) is 0 Å². The number of carbonyl (C=O) groups is 1. The summed E-state index contributed by atoms with van der Waals surface area (Å²) < 4.78 is 4.99. The summed E-state index contributed by atoms with van der Waals surface area (Å²) in [6, 6.07) is 0. The molecular weight excluding hydrogens is 144 g/mol. The van der Waals surface area contributed by atoms with Crippen LogP contribution in [0.1, 0.15) is 26.7 Å². The Morgan fingerprint density at radius 3 is 2.36 bits per heavy atom. The highest BCUT2D eigenvalue weighted by Crippen LogP contribution is 2.09. The zero-order chi connectivity index (χ0) is 8.85. The summed E-state index contributed by atoms with van der Waals surface area (Å²) in [7, 11) is 1.64. The molecule has 0 aliphatic rings. The standard InChI is InChI=1S/C8H16O3/c1-6(8(9)10)4-5-7(2)11-3/h6-7H,4-5H2,1-3H3,(H,9,10). The topological polar surface area (TPSA) is 46.5 Å². The molecule has 11 heavy (non-hydrogen) atoms. The lowest BCUT2D eigenvalue weighted by molar-refractivity contribution is -0.141. The van der Waals surface area contributed by atoms with Gasteiger partial charge in [-0.25, -0.2) is 0 Å². The SMILES string of the molecule is COC(C)CCC(C)C(=O)O. The second-order valence-electron chi connectivity index (χ2n) is 2.86. The van der Waals surface area contributed by atoms with Crippen LogP contribution in [0.25, 0.3) is 0 Å². The van der Waals surface area contributed by atoms with E-state index in [-0.39, 0.29) is 12.0 Å². The van der Waals surface area contributed by atoms with Gasteiger partial charge in [-0.3, -0.25) is 4.79 Å². The van der Waals surface area contributed by atoms with E-state index in [0.717, 1.165) is 6.42 Å². The summed E-state index contributed by atoms with van der Waals surface area (Å²) in [5, 5.41) is 8.53. The van der Waals surface area contributed by atoms with Gasteiger partial charge in [0.1, 0.15) is 0 Å². The zero-order valence-corrected chi connectivity index (χ0v) is 7.33. The fourth-order valence-corrected chi connectivity index (χ4v) is 0.726. The Bertz CT molecular complexity index is 123. The zero-order valence-electron chi connectivity index (χ0n) is 7.33. The molecule has 66 valence electrons. The van der Waals surface area contributed by atoms with Crippen LogP contribution in [0.2, 0.25) is 0 Å². The fourth-order valence-electron chi connectivity index (χ4n) is 0.726. The van der Waals surface area contributed by atoms with Gasteiger partial charge in [-0.1, -0.05) is 6.92 Å². The molecule has 0 saturated heterocycles. The van der Waals surface area contributed by atoms with Gasteiger partial charge in [-0.05, 0) is 19.8 Å². The van der Waals surface area contributed by atoms with Crippen LogP contribution in [0.15, 0.2) is 0 Å². The van der Waals surface area contributed by atoms with E-state index < -0.39 is 5.97 Å². The van der Waals surface area contributed by atoms with Crippen molar-refractivity contribution in [2.75, 3.05) is 7.11 Å². The first-order valence-corrected chi connectivity index (χ1v) is 3.83. The summed E-state index contributed by atoms with van der Waals surface area (Å²) in [6.07, 6.45) is 1.66. The summed E-state index contributed by atoms with van der Waals surface area (Å²) in [4.78, 5) is 10.4. The molecule has 0 heterocycles. The van der Waals surface area contributed by atoms with Crippen LogP contribution in [0.3, 0.4) is 0 Å². The third-order valence-corrected chi connectivity index (χ3v) is 1.83. The molecule has 0 rings (SSSR count). The first-order valence-electron chi connectivity index (χ1n) is 3.83. The molecule has 0 aliphatic heterocycles. The van der Waals surface area contributed by atoms with E-state index in [9.17, 15) is 4.79 Å². The summed E-state index contributed by atoms with van der Waals surface area (Å²) in [6.45, 7) is 3.65. The minimum Gasteiger partial charge on any atom is -0.481 e. The van der Waals surface area contributed by atoms with Gasteiger partial charge in [0, 0.05) is 7.11 Å². The largest absolute Gasteiger partial charge is 0.481 e. The summed E-state index contributed by atoms with van der Waals surface area (Å²) in [5.74, 6) is -0.985. The second-order valence-corrected chi connectivity index (χ2v) is 2.86. The third-order valence-electron chi connectivity index (χ3n) is 1.83. The molecule has 2 atom stereocenters. The Hall–Kier alpha value is -0.570. The van der Waals surface area contributed by atoms with Crippen LogP contribution in [0.4, 0.5) is 0 Å². The van der Waals surface area contributed by atoms with E-state index in [2.05, 4.69) is 0 Å². The Balaban J connectivity index is 3.45. The van der Waals surface area contributed by atoms with Crippen molar-refractivity contribution >= 4 is 5.97 Å². The van der Waals surface area contributed by atoms with Crippen molar-refractivity contribution in [2.24, 2.45) is 5.92 Å². The molecular formula is C8H16O3. The molecule has 0 aliphatic carbocycles. The van der Waals surface area contributed by atoms with E-state index in [1.165, 1.54) is 0 Å². The molecule has 0 spiro atoms. The number of aliphatic carboxylic acids is 1. The Labute approximate surface area is 67.4 Å². The number of ether oxygens (including phenoxy) is 1. The highest BCUT2D eigenvalue weighted by molar-refractivity contribution is 5.69. The van der Waals surface area contributed by atoms with Gasteiger partial charge >= 0.3 is 5.97 Å². The van der Waals surface area contributed by atoms with E-state index in [4.69, 9.17) is 9.84 Å². The van der Waals surface area contributed by atoms with Gasteiger partial charge in [-0.15, -0.1) is 0 Å². The quantitative estimate of drug-likeness (QED) is 0.663. The van der Waals surface area contributed by atoms with E-state index in [1.807, 2.05) is 6.92 Å². The average Bonchev–Trinajstić information content (AvgIpc) is 1.99. The molecule has 1 N–H and O–H groups in total. The van der Waals surface area contributed by atoms with Crippen molar-refractivity contribution in [1.29, 1.82) is 0 Å².